The number of furan rings is 1. The van der Waals surface area contributed by atoms with E-state index < -0.39 is 0 Å². The Kier molecular flexibility index (Phi) is 4.88. The van der Waals surface area contributed by atoms with Crippen molar-refractivity contribution in [3.63, 3.8) is 0 Å². The summed E-state index contributed by atoms with van der Waals surface area (Å²) in [5, 5.41) is 10.2. The van der Waals surface area contributed by atoms with Crippen LogP contribution in [0.25, 0.3) is 87.6 Å². The monoisotopic (exact) mass is 534 g/mol. The summed E-state index contributed by atoms with van der Waals surface area (Å²) in [4.78, 5) is 0. The molecule has 0 aliphatic heterocycles. The summed E-state index contributed by atoms with van der Waals surface area (Å²) in [6.45, 7) is 2.14. The summed E-state index contributed by atoms with van der Waals surface area (Å²) in [5.41, 5.74) is 10.5. The second-order valence-corrected chi connectivity index (χ2v) is 11.4. The van der Waals surface area contributed by atoms with Gasteiger partial charge in [0.15, 0.2) is 0 Å². The molecule has 0 radical (unpaired) electrons. The molecular weight excluding hydrogens is 508 g/mol. The van der Waals surface area contributed by atoms with Gasteiger partial charge in [0.05, 0.1) is 0 Å². The zero-order chi connectivity index (χ0) is 27.8. The number of hydrogen-bond donors (Lipinski definition) is 0. The maximum absolute atomic E-state index is 6.15. The van der Waals surface area contributed by atoms with Crippen molar-refractivity contribution in [2.75, 3.05) is 0 Å². The van der Waals surface area contributed by atoms with Crippen molar-refractivity contribution in [2.24, 2.45) is 0 Å². The number of benzene rings is 8. The summed E-state index contributed by atoms with van der Waals surface area (Å²) in [5.74, 6) is 0. The first-order valence-corrected chi connectivity index (χ1v) is 14.5. The van der Waals surface area contributed by atoms with E-state index in [4.69, 9.17) is 4.42 Å². The number of para-hydroxylation sites is 1. The molecule has 0 unspecified atom stereocenters. The van der Waals surface area contributed by atoms with Gasteiger partial charge in [0.2, 0.25) is 0 Å². The molecule has 0 amide bonds. The van der Waals surface area contributed by atoms with Crippen LogP contribution in [0.5, 0.6) is 0 Å². The van der Waals surface area contributed by atoms with Gasteiger partial charge in [-0.25, -0.2) is 0 Å². The van der Waals surface area contributed by atoms with Gasteiger partial charge in [0, 0.05) is 10.8 Å². The van der Waals surface area contributed by atoms with Gasteiger partial charge in [0.1, 0.15) is 11.2 Å². The molecule has 8 aromatic carbocycles. The van der Waals surface area contributed by atoms with Crippen LogP contribution in [0.2, 0.25) is 0 Å². The summed E-state index contributed by atoms with van der Waals surface area (Å²) >= 11 is 0. The molecule has 9 rings (SSSR count). The lowest BCUT2D eigenvalue weighted by molar-refractivity contribution is 0.669. The van der Waals surface area contributed by atoms with Crippen molar-refractivity contribution >= 4 is 54.3 Å². The fourth-order valence-electron chi connectivity index (χ4n) is 6.88. The molecule has 0 atom stereocenters. The summed E-state index contributed by atoms with van der Waals surface area (Å²) in [6, 6.07) is 50.8. The molecule has 9 aromatic rings. The highest BCUT2D eigenvalue weighted by molar-refractivity contribution is 6.27. The van der Waals surface area contributed by atoms with E-state index in [1.54, 1.807) is 0 Å². The first-order chi connectivity index (χ1) is 20.7. The highest BCUT2D eigenvalue weighted by Gasteiger charge is 2.16. The van der Waals surface area contributed by atoms with Crippen LogP contribution in [0.15, 0.2) is 144 Å². The smallest absolute Gasteiger partial charge is 0.136 e. The van der Waals surface area contributed by atoms with Gasteiger partial charge in [0.25, 0.3) is 0 Å². The molecule has 0 aliphatic carbocycles. The lowest BCUT2D eigenvalue weighted by Crippen LogP contribution is -1.89. The first kappa shape index (κ1) is 23.3. The molecule has 42 heavy (non-hydrogen) atoms. The van der Waals surface area contributed by atoms with Crippen LogP contribution >= 0.6 is 0 Å². The van der Waals surface area contributed by atoms with Crippen LogP contribution < -0.4 is 0 Å². The lowest BCUT2D eigenvalue weighted by atomic mass is 9.87. The molecule has 1 heteroatoms. The van der Waals surface area contributed by atoms with Crippen LogP contribution in [-0.2, 0) is 0 Å². The van der Waals surface area contributed by atoms with E-state index in [9.17, 15) is 0 Å². The van der Waals surface area contributed by atoms with E-state index in [0.29, 0.717) is 0 Å². The first-order valence-electron chi connectivity index (χ1n) is 14.5. The number of aryl methyl sites for hydroxylation is 1. The average Bonchev–Trinajstić information content (AvgIpc) is 3.43. The van der Waals surface area contributed by atoms with Gasteiger partial charge in [-0.15, -0.1) is 0 Å². The minimum absolute atomic E-state index is 0.926. The molecule has 196 valence electrons. The quantitative estimate of drug-likeness (QED) is 0.205. The van der Waals surface area contributed by atoms with Gasteiger partial charge >= 0.3 is 0 Å². The van der Waals surface area contributed by atoms with Gasteiger partial charge < -0.3 is 4.42 Å². The van der Waals surface area contributed by atoms with Crippen molar-refractivity contribution in [3.8, 4) is 33.4 Å². The fraction of sp³-hybridized carbons (Fsp3) is 0.0244. The highest BCUT2D eigenvalue weighted by atomic mass is 16.3. The predicted octanol–water partition coefficient (Wildman–Crippen LogP) is 11.8. The Morgan fingerprint density at radius 3 is 1.52 bits per heavy atom. The molecule has 0 bridgehead atoms. The number of hydrogen-bond acceptors (Lipinski definition) is 1. The van der Waals surface area contributed by atoms with Crippen LogP contribution in [0.4, 0.5) is 0 Å². The summed E-state index contributed by atoms with van der Waals surface area (Å²) in [6.07, 6.45) is 0. The maximum Gasteiger partial charge on any atom is 0.136 e. The van der Waals surface area contributed by atoms with Crippen molar-refractivity contribution in [1.82, 2.24) is 0 Å². The zero-order valence-corrected chi connectivity index (χ0v) is 23.2. The fourth-order valence-corrected chi connectivity index (χ4v) is 6.88. The normalized spacial score (nSPS) is 11.9. The van der Waals surface area contributed by atoms with E-state index in [-0.39, 0.29) is 0 Å². The SMILES string of the molecule is Cc1ccc(-c2ccc3ccc4c(-c5ccc(-c6cccc7oc8ccccc8c67)cc5)ccc5ccc2c3c54)cc1. The number of rotatable bonds is 3. The average molecular weight is 535 g/mol. The molecule has 0 N–H and O–H groups in total. The van der Waals surface area contributed by atoms with E-state index in [0.717, 1.165) is 16.6 Å². The topological polar surface area (TPSA) is 13.1 Å². The Morgan fingerprint density at radius 1 is 0.357 bits per heavy atom. The Balaban J connectivity index is 1.21. The van der Waals surface area contributed by atoms with Crippen molar-refractivity contribution in [3.05, 3.63) is 145 Å². The third-order valence-electron chi connectivity index (χ3n) is 8.94. The van der Waals surface area contributed by atoms with Gasteiger partial charge in [-0.2, -0.15) is 0 Å². The molecule has 1 nitrogen and oxygen atoms in total. The predicted molar refractivity (Wildman–Crippen MR) is 178 cm³/mol. The van der Waals surface area contributed by atoms with Gasteiger partial charge in [-0.3, -0.25) is 0 Å². The molecule has 0 saturated carbocycles. The lowest BCUT2D eigenvalue weighted by Gasteiger charge is -2.17. The molecule has 0 aliphatic rings. The third-order valence-corrected chi connectivity index (χ3v) is 8.94. The molecule has 1 heterocycles. The largest absolute Gasteiger partial charge is 0.456 e. The Hall–Kier alpha value is -5.40. The zero-order valence-electron chi connectivity index (χ0n) is 23.2. The molecular formula is C41H26O. The van der Waals surface area contributed by atoms with E-state index >= 15 is 0 Å². The van der Waals surface area contributed by atoms with Crippen molar-refractivity contribution < 1.29 is 4.42 Å². The van der Waals surface area contributed by atoms with Gasteiger partial charge in [-0.1, -0.05) is 133 Å². The second-order valence-electron chi connectivity index (χ2n) is 11.4. The summed E-state index contributed by atoms with van der Waals surface area (Å²) < 4.78 is 6.15. The third kappa shape index (κ3) is 3.37. The van der Waals surface area contributed by atoms with Crippen LogP contribution in [0, 0.1) is 6.92 Å². The molecule has 0 spiro atoms. The minimum atomic E-state index is 0.926. The van der Waals surface area contributed by atoms with Gasteiger partial charge in [-0.05, 0) is 84.8 Å². The minimum Gasteiger partial charge on any atom is -0.456 e. The second kappa shape index (κ2) is 8.80. The van der Waals surface area contributed by atoms with E-state index in [1.165, 1.54) is 76.6 Å². The van der Waals surface area contributed by atoms with Crippen LogP contribution in [0.3, 0.4) is 0 Å². The Bertz CT molecular complexity index is 2440. The van der Waals surface area contributed by atoms with E-state index in [2.05, 4.69) is 134 Å². The van der Waals surface area contributed by atoms with Crippen molar-refractivity contribution in [1.29, 1.82) is 0 Å². The Labute approximate surface area is 243 Å². The molecule has 0 saturated heterocycles. The summed E-state index contributed by atoms with van der Waals surface area (Å²) in [7, 11) is 0. The maximum atomic E-state index is 6.15. The standard InChI is InChI=1S/C41H26O/c1-25-9-11-26(12-10-25)31-21-17-29-20-24-35-32(22-18-30-19-23-34(31)39(29)40(30)35)27-13-15-28(16-14-27)33-6-4-8-38-41(33)36-5-2-3-7-37(36)42-38/h2-24H,1H3. The molecule has 0 fully saturated rings. The molecule has 1 aromatic heterocycles. The van der Waals surface area contributed by atoms with Crippen LogP contribution in [-0.4, -0.2) is 0 Å². The number of fused-ring (bicyclic) bond motifs is 3. The van der Waals surface area contributed by atoms with Crippen LogP contribution in [0.1, 0.15) is 5.56 Å². The Morgan fingerprint density at radius 2 is 0.881 bits per heavy atom. The van der Waals surface area contributed by atoms with E-state index in [1.807, 2.05) is 12.1 Å². The van der Waals surface area contributed by atoms with Crippen molar-refractivity contribution in [2.45, 2.75) is 6.92 Å². The highest BCUT2D eigenvalue weighted by Crippen LogP contribution is 2.43.